The molecule has 1 saturated heterocycles. The van der Waals surface area contributed by atoms with E-state index < -0.39 is 16.9 Å². The van der Waals surface area contributed by atoms with Gasteiger partial charge in [-0.15, -0.1) is 0 Å². The number of nitrogens with zero attached hydrogens (tertiary/aromatic N) is 3. The van der Waals surface area contributed by atoms with E-state index in [-0.39, 0.29) is 23.9 Å². The van der Waals surface area contributed by atoms with Crippen molar-refractivity contribution in [3.63, 3.8) is 0 Å². The van der Waals surface area contributed by atoms with E-state index in [0.717, 1.165) is 30.4 Å². The molecule has 1 aliphatic heterocycles. The van der Waals surface area contributed by atoms with Crippen LogP contribution in [0.2, 0.25) is 0 Å². The third kappa shape index (κ3) is 7.82. The van der Waals surface area contributed by atoms with Crippen LogP contribution in [0.5, 0.6) is 0 Å². The fourth-order valence-electron chi connectivity index (χ4n) is 5.33. The number of amidine groups is 1. The SMILES string of the molecule is C=CSC(=C(C)C)c1ccc(C(CC(C)C)N=C(N)C2CCCN2C(=O)C(NC(=O)C2(C#N)CC2)C(C)(C)C)cc1. The Labute approximate surface area is 250 Å². The number of hydrogen-bond donors (Lipinski definition) is 2. The molecule has 41 heavy (non-hydrogen) atoms. The van der Waals surface area contributed by atoms with Gasteiger partial charge in [0, 0.05) is 11.4 Å². The molecule has 8 heteroatoms. The number of likely N-dealkylation sites (tertiary alicyclic amines) is 1. The lowest BCUT2D eigenvalue weighted by molar-refractivity contribution is -0.140. The Morgan fingerprint density at radius 2 is 1.90 bits per heavy atom. The van der Waals surface area contributed by atoms with E-state index in [1.54, 1.807) is 16.7 Å². The van der Waals surface area contributed by atoms with E-state index in [1.807, 2.05) is 26.2 Å². The first-order valence-electron chi connectivity index (χ1n) is 14.6. The molecule has 2 fully saturated rings. The zero-order chi connectivity index (χ0) is 30.5. The highest BCUT2D eigenvalue weighted by atomic mass is 32.2. The molecule has 1 aromatic rings. The quantitative estimate of drug-likeness (QED) is 0.228. The molecular formula is C33H47N5O2S. The Morgan fingerprint density at radius 1 is 1.27 bits per heavy atom. The standard InChI is InChI=1S/C33H47N5O2S/c1-9-41-27(22(4)5)24-14-12-23(13-15-24)25(19-21(2)3)36-29(35)26-11-10-18-38(26)30(39)28(32(6,7)8)37-31(40)33(20-34)16-17-33/h9,12-15,21,25-26,28H,1,10-11,16-19H2,2-8H3,(H2,35,36)(H,37,40). The molecule has 0 radical (unpaired) electrons. The Morgan fingerprint density at radius 3 is 2.39 bits per heavy atom. The van der Waals surface area contributed by atoms with E-state index in [1.165, 1.54) is 10.5 Å². The maximum Gasteiger partial charge on any atom is 0.246 e. The average Bonchev–Trinajstić information content (AvgIpc) is 3.56. The topological polar surface area (TPSA) is 112 Å². The number of nitrogens with one attached hydrogen (secondary N) is 1. The fraction of sp³-hybridized carbons (Fsp3) is 0.576. The minimum atomic E-state index is -0.995. The zero-order valence-electron chi connectivity index (χ0n) is 25.8. The van der Waals surface area contributed by atoms with E-state index in [2.05, 4.69) is 69.9 Å². The lowest BCUT2D eigenvalue weighted by atomic mass is 9.85. The van der Waals surface area contributed by atoms with Crippen LogP contribution < -0.4 is 11.1 Å². The number of thioether (sulfide) groups is 1. The van der Waals surface area contributed by atoms with Gasteiger partial charge in [-0.1, -0.05) is 82.8 Å². The first-order chi connectivity index (χ1) is 19.2. The van der Waals surface area contributed by atoms with Crippen LogP contribution in [0, 0.1) is 28.1 Å². The summed E-state index contributed by atoms with van der Waals surface area (Å²) in [5, 5.41) is 14.3. The fourth-order valence-corrected chi connectivity index (χ4v) is 6.00. The molecular weight excluding hydrogens is 530 g/mol. The smallest absolute Gasteiger partial charge is 0.246 e. The second-order valence-electron chi connectivity index (χ2n) is 13.1. The Bertz CT molecular complexity index is 1230. The number of rotatable bonds is 11. The first kappa shape index (κ1) is 32.5. The summed E-state index contributed by atoms with van der Waals surface area (Å²) in [6, 6.07) is 9.42. The van der Waals surface area contributed by atoms with Gasteiger partial charge >= 0.3 is 0 Å². The lowest BCUT2D eigenvalue weighted by Crippen LogP contribution is -2.58. The van der Waals surface area contributed by atoms with Crippen molar-refractivity contribution >= 4 is 34.3 Å². The summed E-state index contributed by atoms with van der Waals surface area (Å²) in [6.45, 7) is 18.8. The Kier molecular flexibility index (Phi) is 10.5. The van der Waals surface area contributed by atoms with Gasteiger partial charge in [0.05, 0.1) is 18.2 Å². The van der Waals surface area contributed by atoms with Gasteiger partial charge in [0.25, 0.3) is 0 Å². The number of hydrogen-bond acceptors (Lipinski definition) is 5. The van der Waals surface area contributed by atoms with Crippen molar-refractivity contribution in [3.05, 3.63) is 53.0 Å². The summed E-state index contributed by atoms with van der Waals surface area (Å²) in [5.41, 5.74) is 8.63. The number of nitriles is 1. The lowest BCUT2D eigenvalue weighted by Gasteiger charge is -2.36. The minimum absolute atomic E-state index is 0.132. The van der Waals surface area contributed by atoms with Gasteiger partial charge in [-0.3, -0.25) is 14.6 Å². The molecule has 1 aromatic carbocycles. The van der Waals surface area contributed by atoms with Crippen molar-refractivity contribution in [1.82, 2.24) is 10.2 Å². The minimum Gasteiger partial charge on any atom is -0.386 e. The molecule has 3 N–H and O–H groups in total. The van der Waals surface area contributed by atoms with Gasteiger partial charge < -0.3 is 16.0 Å². The normalized spacial score (nSPS) is 19.7. The van der Waals surface area contributed by atoms with Crippen LogP contribution >= 0.6 is 11.8 Å². The van der Waals surface area contributed by atoms with Crippen molar-refractivity contribution in [2.45, 2.75) is 98.7 Å². The summed E-state index contributed by atoms with van der Waals surface area (Å²) in [6.07, 6.45) is 3.44. The van der Waals surface area contributed by atoms with Crippen molar-refractivity contribution in [2.75, 3.05) is 6.54 Å². The van der Waals surface area contributed by atoms with Gasteiger partial charge in [-0.2, -0.15) is 5.26 Å². The molecule has 1 saturated carbocycles. The number of nitrogens with two attached hydrogens (primary N) is 1. The van der Waals surface area contributed by atoms with Gasteiger partial charge in [-0.25, -0.2) is 0 Å². The predicted molar refractivity (Wildman–Crippen MR) is 170 cm³/mol. The molecule has 222 valence electrons. The highest BCUT2D eigenvalue weighted by molar-refractivity contribution is 8.10. The molecule has 0 aromatic heterocycles. The largest absolute Gasteiger partial charge is 0.386 e. The maximum atomic E-state index is 13.9. The summed E-state index contributed by atoms with van der Waals surface area (Å²) in [4.78, 5) is 34.9. The molecule has 3 unspecified atom stereocenters. The number of carbonyl (C=O) groups is 2. The molecule has 2 amide bonds. The number of carbonyl (C=O) groups excluding carboxylic acids is 2. The van der Waals surface area contributed by atoms with Crippen molar-refractivity contribution in [3.8, 4) is 6.07 Å². The number of allylic oxidation sites excluding steroid dienone is 1. The first-order valence-corrected chi connectivity index (χ1v) is 15.5. The number of benzene rings is 1. The number of aliphatic imine (C=N–C) groups is 1. The van der Waals surface area contributed by atoms with E-state index in [4.69, 9.17) is 10.7 Å². The van der Waals surface area contributed by atoms with Crippen LogP contribution in [0.3, 0.4) is 0 Å². The van der Waals surface area contributed by atoms with Gasteiger partial charge in [0.1, 0.15) is 17.3 Å². The summed E-state index contributed by atoms with van der Waals surface area (Å²) < 4.78 is 0. The summed E-state index contributed by atoms with van der Waals surface area (Å²) in [7, 11) is 0. The van der Waals surface area contributed by atoms with Gasteiger partial charge in [0.15, 0.2) is 0 Å². The van der Waals surface area contributed by atoms with E-state index in [9.17, 15) is 14.9 Å². The molecule has 2 aliphatic rings. The van der Waals surface area contributed by atoms with Crippen molar-refractivity contribution in [2.24, 2.45) is 27.5 Å². The third-order valence-corrected chi connectivity index (χ3v) is 8.92. The molecule has 1 aliphatic carbocycles. The molecule has 7 nitrogen and oxygen atoms in total. The summed E-state index contributed by atoms with van der Waals surface area (Å²) in [5.74, 6) is 0.331. The third-order valence-electron chi connectivity index (χ3n) is 7.88. The van der Waals surface area contributed by atoms with Crippen molar-refractivity contribution < 1.29 is 9.59 Å². The average molecular weight is 578 g/mol. The monoisotopic (exact) mass is 577 g/mol. The Hall–Kier alpha value is -3.05. The predicted octanol–water partition coefficient (Wildman–Crippen LogP) is 6.58. The Balaban J connectivity index is 1.87. The second kappa shape index (κ2) is 13.3. The van der Waals surface area contributed by atoms with Crippen LogP contribution in [0.1, 0.15) is 97.7 Å². The maximum absolute atomic E-state index is 13.9. The molecule has 1 heterocycles. The molecule has 0 bridgehead atoms. The molecule has 0 spiro atoms. The zero-order valence-corrected chi connectivity index (χ0v) is 26.6. The van der Waals surface area contributed by atoms with E-state index in [0.29, 0.717) is 31.1 Å². The van der Waals surface area contributed by atoms with Crippen LogP contribution in [0.4, 0.5) is 0 Å². The van der Waals surface area contributed by atoms with Gasteiger partial charge in [-0.05, 0) is 73.8 Å². The van der Waals surface area contributed by atoms with Crippen LogP contribution in [0.15, 0.2) is 46.8 Å². The molecule has 3 rings (SSSR count). The second-order valence-corrected chi connectivity index (χ2v) is 14.1. The molecule has 3 atom stereocenters. The van der Waals surface area contributed by atoms with Gasteiger partial charge in [0.2, 0.25) is 11.8 Å². The van der Waals surface area contributed by atoms with Crippen LogP contribution in [-0.2, 0) is 9.59 Å². The van der Waals surface area contributed by atoms with Crippen LogP contribution in [0.25, 0.3) is 4.91 Å². The van der Waals surface area contributed by atoms with Crippen molar-refractivity contribution in [1.29, 1.82) is 5.26 Å². The number of amides is 2. The van der Waals surface area contributed by atoms with E-state index >= 15 is 0 Å². The van der Waals surface area contributed by atoms with Crippen LogP contribution in [-0.4, -0.2) is 41.2 Å². The highest BCUT2D eigenvalue weighted by Gasteiger charge is 2.52. The highest BCUT2D eigenvalue weighted by Crippen LogP contribution is 2.45. The summed E-state index contributed by atoms with van der Waals surface area (Å²) >= 11 is 1.62.